The lowest BCUT2D eigenvalue weighted by atomic mass is 9.90. The largest absolute Gasteiger partial charge is 0.311 e. The van der Waals surface area contributed by atoms with E-state index in [-0.39, 0.29) is 0 Å². The van der Waals surface area contributed by atoms with Crippen LogP contribution in [0.2, 0.25) is 0 Å². The topological polar surface area (TPSA) is 18.5 Å². The van der Waals surface area contributed by atoms with Gasteiger partial charge < -0.3 is 10.2 Å². The van der Waals surface area contributed by atoms with Gasteiger partial charge >= 0.3 is 0 Å². The highest BCUT2D eigenvalue weighted by Gasteiger charge is 2.40. The minimum absolute atomic E-state index is 0.718. The van der Waals surface area contributed by atoms with Crippen LogP contribution in [0.1, 0.15) is 33.1 Å². The predicted molar refractivity (Wildman–Crippen MR) is 75.7 cm³/mol. The molecule has 4 atom stereocenters. The lowest BCUT2D eigenvalue weighted by Crippen LogP contribution is -2.62. The summed E-state index contributed by atoms with van der Waals surface area (Å²) < 4.78 is 0. The fourth-order valence-corrected chi connectivity index (χ4v) is 4.02. The van der Waals surface area contributed by atoms with Gasteiger partial charge in [-0.25, -0.2) is 0 Å². The van der Waals surface area contributed by atoms with Crippen LogP contribution in [0.5, 0.6) is 0 Å². The first-order valence-corrected chi connectivity index (χ1v) is 7.83. The Morgan fingerprint density at radius 2 is 1.83 bits per heavy atom. The van der Waals surface area contributed by atoms with Crippen molar-refractivity contribution in [3.05, 3.63) is 0 Å². The Kier molecular flexibility index (Phi) is 3.65. The zero-order valence-electron chi connectivity index (χ0n) is 12.2. The van der Waals surface area contributed by atoms with Crippen molar-refractivity contribution in [2.75, 3.05) is 33.2 Å². The van der Waals surface area contributed by atoms with Gasteiger partial charge in [-0.3, -0.25) is 4.90 Å². The Balaban J connectivity index is 1.64. The molecule has 4 unspecified atom stereocenters. The third kappa shape index (κ3) is 2.59. The van der Waals surface area contributed by atoms with Gasteiger partial charge in [0.05, 0.1) is 0 Å². The molecule has 18 heavy (non-hydrogen) atoms. The summed E-state index contributed by atoms with van der Waals surface area (Å²) in [5.41, 5.74) is 0. The summed E-state index contributed by atoms with van der Waals surface area (Å²) in [7, 11) is 2.26. The Morgan fingerprint density at radius 3 is 2.50 bits per heavy atom. The average Bonchev–Trinajstić information content (AvgIpc) is 3.14. The molecule has 0 spiro atoms. The van der Waals surface area contributed by atoms with Gasteiger partial charge in [0.2, 0.25) is 0 Å². The van der Waals surface area contributed by atoms with Crippen molar-refractivity contribution in [3.63, 3.8) is 0 Å². The summed E-state index contributed by atoms with van der Waals surface area (Å²) in [5, 5.41) is 3.77. The van der Waals surface area contributed by atoms with Crippen molar-refractivity contribution in [2.24, 2.45) is 11.8 Å². The molecule has 3 fully saturated rings. The molecular formula is C15H29N3. The zero-order valence-corrected chi connectivity index (χ0v) is 12.2. The van der Waals surface area contributed by atoms with Crippen molar-refractivity contribution in [1.29, 1.82) is 0 Å². The van der Waals surface area contributed by atoms with Crippen LogP contribution >= 0.6 is 0 Å². The SMILES string of the molecule is CC1CN(C)CCC1N1CC(C2CC2)NCC1C. The van der Waals surface area contributed by atoms with E-state index in [1.54, 1.807) is 0 Å². The number of nitrogens with zero attached hydrogens (tertiary/aromatic N) is 2. The van der Waals surface area contributed by atoms with Gasteiger partial charge in [0.25, 0.3) is 0 Å². The number of likely N-dealkylation sites (tertiary alicyclic amines) is 1. The molecule has 2 saturated heterocycles. The zero-order chi connectivity index (χ0) is 12.7. The molecule has 0 aromatic heterocycles. The van der Waals surface area contributed by atoms with Crippen LogP contribution < -0.4 is 5.32 Å². The normalized spacial score (nSPS) is 44.2. The summed E-state index contributed by atoms with van der Waals surface area (Å²) in [4.78, 5) is 5.32. The maximum absolute atomic E-state index is 3.77. The van der Waals surface area contributed by atoms with Gasteiger partial charge in [-0.05, 0) is 51.6 Å². The van der Waals surface area contributed by atoms with E-state index in [2.05, 4.69) is 36.0 Å². The Morgan fingerprint density at radius 1 is 1.06 bits per heavy atom. The highest BCUT2D eigenvalue weighted by atomic mass is 15.3. The number of rotatable bonds is 2. The molecule has 3 aliphatic rings. The maximum Gasteiger partial charge on any atom is 0.0224 e. The molecule has 1 N–H and O–H groups in total. The van der Waals surface area contributed by atoms with E-state index in [1.807, 2.05) is 0 Å². The van der Waals surface area contributed by atoms with Crippen molar-refractivity contribution in [2.45, 2.75) is 51.2 Å². The van der Waals surface area contributed by atoms with E-state index in [9.17, 15) is 0 Å². The summed E-state index contributed by atoms with van der Waals surface area (Å²) in [6, 6.07) is 2.32. The van der Waals surface area contributed by atoms with E-state index in [1.165, 1.54) is 45.4 Å². The number of nitrogens with one attached hydrogen (secondary N) is 1. The third-order valence-corrected chi connectivity index (χ3v) is 5.33. The van der Waals surface area contributed by atoms with Crippen LogP contribution in [-0.4, -0.2) is 61.2 Å². The summed E-state index contributed by atoms with van der Waals surface area (Å²) in [6.45, 7) is 9.89. The fourth-order valence-electron chi connectivity index (χ4n) is 4.02. The van der Waals surface area contributed by atoms with Crippen LogP contribution in [0.25, 0.3) is 0 Å². The first-order chi connectivity index (χ1) is 8.65. The average molecular weight is 251 g/mol. The minimum atomic E-state index is 0.718. The van der Waals surface area contributed by atoms with E-state index < -0.39 is 0 Å². The monoisotopic (exact) mass is 251 g/mol. The molecule has 3 nitrogen and oxygen atoms in total. The second kappa shape index (κ2) is 5.10. The van der Waals surface area contributed by atoms with Crippen LogP contribution in [-0.2, 0) is 0 Å². The van der Waals surface area contributed by atoms with E-state index in [0.717, 1.165) is 30.0 Å². The molecule has 0 aromatic rings. The lowest BCUT2D eigenvalue weighted by molar-refractivity contribution is 0.0204. The Bertz CT molecular complexity index is 289. The van der Waals surface area contributed by atoms with Gasteiger partial charge in [0.1, 0.15) is 0 Å². The number of piperazine rings is 1. The van der Waals surface area contributed by atoms with Crippen molar-refractivity contribution < 1.29 is 0 Å². The lowest BCUT2D eigenvalue weighted by Gasteiger charge is -2.48. The summed E-state index contributed by atoms with van der Waals surface area (Å²) in [6.07, 6.45) is 4.28. The van der Waals surface area contributed by atoms with Gasteiger partial charge in [0, 0.05) is 37.8 Å². The van der Waals surface area contributed by atoms with Crippen LogP contribution in [0.4, 0.5) is 0 Å². The molecule has 0 amide bonds. The molecule has 0 radical (unpaired) electrons. The minimum Gasteiger partial charge on any atom is -0.311 e. The first kappa shape index (κ1) is 12.9. The molecule has 1 aliphatic carbocycles. The second-order valence-corrected chi connectivity index (χ2v) is 6.99. The van der Waals surface area contributed by atoms with E-state index in [4.69, 9.17) is 0 Å². The molecule has 2 heterocycles. The Hall–Kier alpha value is -0.120. The second-order valence-electron chi connectivity index (χ2n) is 6.99. The van der Waals surface area contributed by atoms with Crippen LogP contribution in [0.15, 0.2) is 0 Å². The summed E-state index contributed by atoms with van der Waals surface area (Å²) >= 11 is 0. The van der Waals surface area contributed by atoms with Crippen molar-refractivity contribution >= 4 is 0 Å². The van der Waals surface area contributed by atoms with Gasteiger partial charge in [-0.1, -0.05) is 6.92 Å². The molecule has 2 aliphatic heterocycles. The van der Waals surface area contributed by atoms with Crippen LogP contribution in [0, 0.1) is 11.8 Å². The predicted octanol–water partition coefficient (Wildman–Crippen LogP) is 1.40. The van der Waals surface area contributed by atoms with Crippen molar-refractivity contribution in [1.82, 2.24) is 15.1 Å². The molecule has 3 rings (SSSR count). The highest BCUT2D eigenvalue weighted by molar-refractivity contribution is 4.97. The number of piperidine rings is 1. The van der Waals surface area contributed by atoms with E-state index in [0.29, 0.717) is 0 Å². The molecule has 3 heteroatoms. The molecule has 1 saturated carbocycles. The maximum atomic E-state index is 3.77. The van der Waals surface area contributed by atoms with Gasteiger partial charge in [0.15, 0.2) is 0 Å². The number of hydrogen-bond acceptors (Lipinski definition) is 3. The molecular weight excluding hydrogens is 222 g/mol. The smallest absolute Gasteiger partial charge is 0.0224 e. The van der Waals surface area contributed by atoms with Crippen molar-refractivity contribution in [3.8, 4) is 0 Å². The molecule has 0 bridgehead atoms. The molecule has 104 valence electrons. The molecule has 0 aromatic carbocycles. The standard InChI is InChI=1S/C15H29N3/c1-11-9-17(3)7-6-15(11)18-10-14(13-4-5-13)16-8-12(18)2/h11-16H,4-10H2,1-3H3. The van der Waals surface area contributed by atoms with Gasteiger partial charge in [-0.15, -0.1) is 0 Å². The van der Waals surface area contributed by atoms with Gasteiger partial charge in [-0.2, -0.15) is 0 Å². The first-order valence-electron chi connectivity index (χ1n) is 7.83. The number of hydrogen-bond donors (Lipinski definition) is 1. The fraction of sp³-hybridized carbons (Fsp3) is 1.00. The summed E-state index contributed by atoms with van der Waals surface area (Å²) in [5.74, 6) is 1.81. The highest BCUT2D eigenvalue weighted by Crippen LogP contribution is 2.35. The van der Waals surface area contributed by atoms with Crippen LogP contribution in [0.3, 0.4) is 0 Å². The van der Waals surface area contributed by atoms with E-state index >= 15 is 0 Å². The third-order valence-electron chi connectivity index (χ3n) is 5.33. The Labute approximate surface area is 112 Å². The quantitative estimate of drug-likeness (QED) is 0.800.